The van der Waals surface area contributed by atoms with Crippen LogP contribution in [0.1, 0.15) is 48.9 Å². The third-order valence-electron chi connectivity index (χ3n) is 17.4. The normalized spacial score (nSPS) is 23.9. The zero-order valence-electron chi connectivity index (χ0n) is 46.5. The maximum atomic E-state index is 14.7. The summed E-state index contributed by atoms with van der Waals surface area (Å²) in [6, 6.07) is 44.5. The molecule has 2 amide bonds. The standard InChI is InChI=1S/2C31H33BrINO5Si/c2*1-19-29(40(4,5)23-13-11-22(37-2)12-14-23)27(17-28(35)38-3)39-31(19)24-16-21(33)10-15-26(24)34(30(31)36)18-20-8-6-7-9-25(20)32/h2*6-16,19,27,29H,17-18H2,1-5H3/t2*19-,27+,29-,31+/m10/s1. The Labute approximate surface area is 515 Å². The van der Waals surface area contributed by atoms with Crippen LogP contribution < -0.4 is 29.6 Å². The summed E-state index contributed by atoms with van der Waals surface area (Å²) in [5, 5.41) is 2.44. The fourth-order valence-corrected chi connectivity index (χ4v) is 23.2. The molecule has 0 radical (unpaired) electrons. The predicted octanol–water partition coefficient (Wildman–Crippen LogP) is 12.8. The van der Waals surface area contributed by atoms with Crippen molar-refractivity contribution in [1.82, 2.24) is 0 Å². The van der Waals surface area contributed by atoms with Gasteiger partial charge in [-0.15, -0.1) is 0 Å². The second-order valence-corrected chi connectivity index (χ2v) is 35.7. The topological polar surface area (TPSA) is 130 Å². The molecular weight excluding hydrogens is 1400 g/mol. The Morgan fingerprint density at radius 3 is 1.23 bits per heavy atom. The molecule has 10 rings (SSSR count). The molecule has 80 heavy (non-hydrogen) atoms. The van der Waals surface area contributed by atoms with E-state index in [0.717, 1.165) is 61.2 Å². The lowest BCUT2D eigenvalue weighted by Crippen LogP contribution is -2.52. The smallest absolute Gasteiger partial charge is 0.308 e. The Bertz CT molecular complexity index is 3110. The van der Waals surface area contributed by atoms with Crippen LogP contribution in [-0.2, 0) is 62.4 Å². The highest BCUT2D eigenvalue weighted by molar-refractivity contribution is 14.1. The van der Waals surface area contributed by atoms with Crippen LogP contribution in [0.15, 0.2) is 142 Å². The van der Waals surface area contributed by atoms with E-state index in [1.807, 2.05) is 107 Å². The van der Waals surface area contributed by atoms with Crippen molar-refractivity contribution >= 4 is 139 Å². The first kappa shape index (κ1) is 60.2. The SMILES string of the molecule is COC(=O)C[C@@H]1O[C@@]2(C(=O)N(Cc3ccccc3Br)c3ccc(I)cc32)[C@H](C)[C@H]1[Si](C)(C)c1ccc(OC)cc1.COC(=O)C[C@H]1O[C@]2(C(=O)N(Cc3ccccc3Br)c3ccc(I)cc32)[C@@H](C)[C@@H]1[Si](C)(C)c1ccc(OC)cc1. The van der Waals surface area contributed by atoms with Gasteiger partial charge in [0.1, 0.15) is 11.5 Å². The van der Waals surface area contributed by atoms with Gasteiger partial charge in [-0.05, 0) is 140 Å². The number of nitrogens with zero attached hydrogens (tertiary/aromatic N) is 2. The van der Waals surface area contributed by atoms with Gasteiger partial charge in [0.2, 0.25) is 0 Å². The van der Waals surface area contributed by atoms with Crippen molar-refractivity contribution in [2.24, 2.45) is 11.8 Å². The van der Waals surface area contributed by atoms with E-state index in [4.69, 9.17) is 28.4 Å². The highest BCUT2D eigenvalue weighted by Crippen LogP contribution is 2.62. The van der Waals surface area contributed by atoms with Crippen LogP contribution in [0.2, 0.25) is 37.3 Å². The Hall–Kier alpha value is -4.43. The number of carbonyl (C=O) groups excluding carboxylic acids is 4. The molecule has 4 aliphatic heterocycles. The van der Waals surface area contributed by atoms with Crippen molar-refractivity contribution in [3.8, 4) is 11.5 Å². The molecule has 0 bridgehead atoms. The number of fused-ring (bicyclic) bond motifs is 4. The lowest BCUT2D eigenvalue weighted by atomic mass is 9.82. The van der Waals surface area contributed by atoms with E-state index >= 15 is 0 Å². The number of halogens is 4. The summed E-state index contributed by atoms with van der Waals surface area (Å²) in [4.78, 5) is 58.4. The van der Waals surface area contributed by atoms with Crippen molar-refractivity contribution in [2.45, 2.75) is 100 Å². The minimum Gasteiger partial charge on any atom is -0.497 e. The first-order chi connectivity index (χ1) is 38.1. The van der Waals surface area contributed by atoms with Gasteiger partial charge in [0.15, 0.2) is 11.2 Å². The molecule has 8 atom stereocenters. The third-order valence-corrected chi connectivity index (χ3v) is 29.0. The number of esters is 2. The highest BCUT2D eigenvalue weighted by Gasteiger charge is 2.68. The summed E-state index contributed by atoms with van der Waals surface area (Å²) in [5.41, 5.74) is 3.04. The second kappa shape index (κ2) is 24.0. The summed E-state index contributed by atoms with van der Waals surface area (Å²) < 4.78 is 38.9. The van der Waals surface area contributed by atoms with Crippen LogP contribution in [-0.4, -0.2) is 80.5 Å². The second-order valence-electron chi connectivity index (χ2n) is 22.2. The van der Waals surface area contributed by atoms with E-state index in [1.165, 1.54) is 24.6 Å². The average molecular weight is 1470 g/mol. The number of hydrogen-bond acceptors (Lipinski definition) is 10. The third kappa shape index (κ3) is 10.8. The maximum absolute atomic E-state index is 14.7. The van der Waals surface area contributed by atoms with Crippen molar-refractivity contribution in [3.05, 3.63) is 172 Å². The van der Waals surface area contributed by atoms with Crippen molar-refractivity contribution < 1.29 is 47.6 Å². The number of anilines is 2. The fourth-order valence-electron chi connectivity index (χ4n) is 13.4. The van der Waals surface area contributed by atoms with Crippen LogP contribution in [0.25, 0.3) is 0 Å². The number of benzene rings is 6. The first-order valence-electron chi connectivity index (χ1n) is 26.6. The molecule has 0 N–H and O–H groups in total. The van der Waals surface area contributed by atoms with Gasteiger partial charge >= 0.3 is 11.9 Å². The quantitative estimate of drug-likeness (QED) is 0.0590. The van der Waals surface area contributed by atoms with Gasteiger partial charge in [0, 0.05) is 39.0 Å². The molecule has 2 saturated heterocycles. The van der Waals surface area contributed by atoms with Crippen molar-refractivity contribution in [2.75, 3.05) is 38.2 Å². The molecule has 18 heteroatoms. The number of rotatable bonds is 14. The molecular formula is C62H66Br2I2N2O10Si2. The number of hydrogen-bond donors (Lipinski definition) is 0. The van der Waals surface area contributed by atoms with E-state index in [-0.39, 0.29) is 59.5 Å². The zero-order chi connectivity index (χ0) is 57.6. The van der Waals surface area contributed by atoms with Gasteiger partial charge in [0.05, 0.1) is 94.1 Å². The van der Waals surface area contributed by atoms with Crippen LogP contribution in [0.4, 0.5) is 11.4 Å². The molecule has 0 saturated carbocycles. The summed E-state index contributed by atoms with van der Waals surface area (Å²) in [5.74, 6) is 0.399. The largest absolute Gasteiger partial charge is 0.497 e. The van der Waals surface area contributed by atoms with Crippen LogP contribution >= 0.6 is 77.0 Å². The van der Waals surface area contributed by atoms with Gasteiger partial charge in [-0.1, -0.05) is 143 Å². The van der Waals surface area contributed by atoms with E-state index < -0.39 is 39.6 Å². The van der Waals surface area contributed by atoms with Crippen molar-refractivity contribution in [3.63, 3.8) is 0 Å². The minimum absolute atomic E-state index is 0.0296. The van der Waals surface area contributed by atoms with Crippen LogP contribution in [0.3, 0.4) is 0 Å². The Morgan fingerprint density at radius 1 is 0.550 bits per heavy atom. The average Bonchev–Trinajstić information content (AvgIpc) is 4.10. The van der Waals surface area contributed by atoms with E-state index in [2.05, 4.69) is 153 Å². The lowest BCUT2D eigenvalue weighted by Gasteiger charge is -2.37. The van der Waals surface area contributed by atoms with Crippen LogP contribution in [0, 0.1) is 19.0 Å². The molecule has 4 heterocycles. The summed E-state index contributed by atoms with van der Waals surface area (Å²) in [6.07, 6.45) is -0.749. The molecule has 4 aliphatic rings. The molecule has 6 aromatic carbocycles. The van der Waals surface area contributed by atoms with Crippen LogP contribution in [0.5, 0.6) is 11.5 Å². The molecule has 0 unspecified atom stereocenters. The molecule has 420 valence electrons. The molecule has 2 spiro atoms. The van der Waals surface area contributed by atoms with E-state index in [1.54, 1.807) is 14.2 Å². The Morgan fingerprint density at radius 2 is 0.900 bits per heavy atom. The zero-order valence-corrected chi connectivity index (χ0v) is 56.0. The van der Waals surface area contributed by atoms with Crippen molar-refractivity contribution in [1.29, 1.82) is 0 Å². The van der Waals surface area contributed by atoms with E-state index in [9.17, 15) is 19.2 Å². The van der Waals surface area contributed by atoms with Gasteiger partial charge in [-0.25, -0.2) is 0 Å². The van der Waals surface area contributed by atoms with Gasteiger partial charge in [0.25, 0.3) is 11.8 Å². The van der Waals surface area contributed by atoms with Gasteiger partial charge in [-0.3, -0.25) is 19.2 Å². The molecule has 6 aromatic rings. The number of methoxy groups -OCH3 is 4. The minimum atomic E-state index is -2.32. The number of carbonyl (C=O) groups is 4. The summed E-state index contributed by atoms with van der Waals surface area (Å²) in [6.45, 7) is 14.3. The summed E-state index contributed by atoms with van der Waals surface area (Å²) >= 11 is 11.9. The fraction of sp³-hybridized carbons (Fsp3) is 0.355. The molecule has 0 aromatic heterocycles. The van der Waals surface area contributed by atoms with E-state index in [0.29, 0.717) is 13.1 Å². The molecule has 0 aliphatic carbocycles. The molecule has 2 fully saturated rings. The predicted molar refractivity (Wildman–Crippen MR) is 341 cm³/mol. The first-order valence-corrected chi connectivity index (χ1v) is 36.5. The highest BCUT2D eigenvalue weighted by atomic mass is 127. The van der Waals surface area contributed by atoms with Gasteiger partial charge in [-0.2, -0.15) is 0 Å². The number of amides is 2. The Balaban J connectivity index is 0.000000194. The monoisotopic (exact) mass is 1470 g/mol. The lowest BCUT2D eigenvalue weighted by molar-refractivity contribution is -0.153. The summed E-state index contributed by atoms with van der Waals surface area (Å²) in [7, 11) is 1.47. The molecule has 12 nitrogen and oxygen atoms in total. The van der Waals surface area contributed by atoms with Gasteiger partial charge < -0.3 is 38.2 Å². The number of ether oxygens (including phenoxy) is 6. The maximum Gasteiger partial charge on any atom is 0.308 e. The Kier molecular flexibility index (Phi) is 18.1.